The number of carboxylic acids is 1. The second-order valence-electron chi connectivity index (χ2n) is 5.96. The molecule has 0 aromatic carbocycles. The number of hydrogen-bond donors (Lipinski definition) is 3. The molecule has 0 spiro atoms. The van der Waals surface area contributed by atoms with Crippen molar-refractivity contribution in [2.45, 2.75) is 65.3 Å². The smallest absolute Gasteiger partial charge is 0.303 e. The Hall–Kier alpha value is -1.10. The second-order valence-corrected chi connectivity index (χ2v) is 5.96. The van der Waals surface area contributed by atoms with E-state index in [9.17, 15) is 9.59 Å². The van der Waals surface area contributed by atoms with Crippen molar-refractivity contribution in [1.82, 2.24) is 5.32 Å². The van der Waals surface area contributed by atoms with Crippen molar-refractivity contribution in [2.75, 3.05) is 6.54 Å². The van der Waals surface area contributed by atoms with Crippen LogP contribution < -0.4 is 11.1 Å². The first-order valence-corrected chi connectivity index (χ1v) is 6.98. The Morgan fingerprint density at radius 3 is 2.42 bits per heavy atom. The molecule has 19 heavy (non-hydrogen) atoms. The Morgan fingerprint density at radius 1 is 1.26 bits per heavy atom. The summed E-state index contributed by atoms with van der Waals surface area (Å²) in [6, 6.07) is 0.0319. The molecule has 0 heterocycles. The number of rotatable bonds is 10. The Bertz CT molecular complexity index is 290. The van der Waals surface area contributed by atoms with Crippen molar-refractivity contribution in [3.8, 4) is 0 Å². The molecule has 5 heteroatoms. The minimum Gasteiger partial charge on any atom is -0.481 e. The van der Waals surface area contributed by atoms with Crippen LogP contribution in [0.1, 0.15) is 59.3 Å². The molecule has 1 unspecified atom stereocenters. The lowest BCUT2D eigenvalue weighted by Gasteiger charge is -2.23. The zero-order chi connectivity index (χ0) is 14.9. The number of nitrogens with two attached hydrogens (primary N) is 1. The fourth-order valence-corrected chi connectivity index (χ4v) is 1.95. The van der Waals surface area contributed by atoms with Crippen LogP contribution in [-0.2, 0) is 9.59 Å². The average molecular weight is 272 g/mol. The first kappa shape index (κ1) is 17.9. The Labute approximate surface area is 115 Å². The van der Waals surface area contributed by atoms with Crippen molar-refractivity contribution >= 4 is 11.9 Å². The van der Waals surface area contributed by atoms with E-state index in [0.29, 0.717) is 25.8 Å². The quantitative estimate of drug-likeness (QED) is 0.566. The van der Waals surface area contributed by atoms with Gasteiger partial charge in [0.25, 0.3) is 0 Å². The third kappa shape index (κ3) is 10.5. The number of hydrogen-bond acceptors (Lipinski definition) is 3. The van der Waals surface area contributed by atoms with Crippen molar-refractivity contribution in [3.63, 3.8) is 0 Å². The van der Waals surface area contributed by atoms with E-state index in [2.05, 4.69) is 19.2 Å². The molecule has 0 rings (SSSR count). The number of carbonyl (C=O) groups is 2. The highest BCUT2D eigenvalue weighted by Gasteiger charge is 2.18. The highest BCUT2D eigenvalue weighted by Crippen LogP contribution is 2.25. The van der Waals surface area contributed by atoms with Crippen molar-refractivity contribution < 1.29 is 14.7 Å². The van der Waals surface area contributed by atoms with Crippen LogP contribution in [0.25, 0.3) is 0 Å². The maximum absolute atomic E-state index is 11.7. The van der Waals surface area contributed by atoms with E-state index in [-0.39, 0.29) is 23.8 Å². The van der Waals surface area contributed by atoms with Gasteiger partial charge in [-0.15, -0.1) is 0 Å². The summed E-state index contributed by atoms with van der Waals surface area (Å²) in [5.74, 6) is -0.755. The van der Waals surface area contributed by atoms with Gasteiger partial charge < -0.3 is 16.2 Å². The number of nitrogens with one attached hydrogen (secondary N) is 1. The van der Waals surface area contributed by atoms with Gasteiger partial charge in [-0.3, -0.25) is 9.59 Å². The van der Waals surface area contributed by atoms with Gasteiger partial charge >= 0.3 is 5.97 Å². The molecule has 0 aliphatic carbocycles. The zero-order valence-corrected chi connectivity index (χ0v) is 12.4. The topological polar surface area (TPSA) is 92.4 Å². The van der Waals surface area contributed by atoms with Gasteiger partial charge in [0.1, 0.15) is 0 Å². The van der Waals surface area contributed by atoms with Crippen LogP contribution in [0.4, 0.5) is 0 Å². The molecule has 0 aromatic rings. The van der Waals surface area contributed by atoms with E-state index in [4.69, 9.17) is 10.8 Å². The molecule has 0 aromatic heterocycles. The lowest BCUT2D eigenvalue weighted by atomic mass is 9.84. The molecule has 0 fully saturated rings. The molecule has 0 bridgehead atoms. The summed E-state index contributed by atoms with van der Waals surface area (Å²) in [7, 11) is 0. The highest BCUT2D eigenvalue weighted by molar-refractivity contribution is 5.76. The Morgan fingerprint density at radius 2 is 1.89 bits per heavy atom. The second kappa shape index (κ2) is 8.91. The molecule has 4 N–H and O–H groups in total. The fraction of sp³-hybridized carbons (Fsp3) is 0.857. The summed E-state index contributed by atoms with van der Waals surface area (Å²) in [6.07, 6.45) is 3.67. The predicted octanol–water partition coefficient (Wildman–Crippen LogP) is 1.90. The summed E-state index contributed by atoms with van der Waals surface area (Å²) in [4.78, 5) is 22.1. The highest BCUT2D eigenvalue weighted by atomic mass is 16.4. The maximum Gasteiger partial charge on any atom is 0.303 e. The van der Waals surface area contributed by atoms with Crippen LogP contribution in [0.3, 0.4) is 0 Å². The van der Waals surface area contributed by atoms with E-state index < -0.39 is 5.97 Å². The van der Waals surface area contributed by atoms with E-state index in [1.165, 1.54) is 0 Å². The molecule has 0 saturated carbocycles. The van der Waals surface area contributed by atoms with Gasteiger partial charge in [0.15, 0.2) is 0 Å². The first-order chi connectivity index (χ1) is 8.76. The van der Waals surface area contributed by atoms with Gasteiger partial charge in [0.2, 0.25) is 5.91 Å². The average Bonchev–Trinajstić information content (AvgIpc) is 2.26. The van der Waals surface area contributed by atoms with Gasteiger partial charge in [0.05, 0.1) is 0 Å². The van der Waals surface area contributed by atoms with Gasteiger partial charge in [0, 0.05) is 18.9 Å². The molecule has 112 valence electrons. The number of carboxylic acid groups (broad SMARTS) is 1. The van der Waals surface area contributed by atoms with Crippen LogP contribution in [0.2, 0.25) is 0 Å². The number of carbonyl (C=O) groups excluding carboxylic acids is 1. The Balaban J connectivity index is 3.81. The molecular formula is C14H28N2O3. The third-order valence-corrected chi connectivity index (χ3v) is 3.29. The minimum atomic E-state index is -0.790. The van der Waals surface area contributed by atoms with E-state index >= 15 is 0 Å². The zero-order valence-electron chi connectivity index (χ0n) is 12.4. The largest absolute Gasteiger partial charge is 0.481 e. The van der Waals surface area contributed by atoms with Crippen LogP contribution in [0.15, 0.2) is 0 Å². The Kier molecular flexibility index (Phi) is 8.39. The lowest BCUT2D eigenvalue weighted by molar-refractivity contribution is -0.137. The molecule has 0 aliphatic heterocycles. The predicted molar refractivity (Wildman–Crippen MR) is 75.8 cm³/mol. The molecule has 0 radical (unpaired) electrons. The van der Waals surface area contributed by atoms with Gasteiger partial charge in [-0.25, -0.2) is 0 Å². The van der Waals surface area contributed by atoms with E-state index in [0.717, 1.165) is 12.8 Å². The molecule has 1 atom stereocenters. The maximum atomic E-state index is 11.7. The summed E-state index contributed by atoms with van der Waals surface area (Å²) in [6.45, 7) is 6.78. The number of aliphatic carboxylic acids is 1. The third-order valence-electron chi connectivity index (χ3n) is 3.29. The normalized spacial score (nSPS) is 13.1. The van der Waals surface area contributed by atoms with E-state index in [1.807, 2.05) is 6.92 Å². The fourth-order valence-electron chi connectivity index (χ4n) is 1.95. The van der Waals surface area contributed by atoms with Crippen LogP contribution >= 0.6 is 0 Å². The van der Waals surface area contributed by atoms with Crippen LogP contribution in [-0.4, -0.2) is 29.6 Å². The SMILES string of the molecule is CC(CCCC(=O)O)NC(=O)CCC(C)(C)CCN. The van der Waals surface area contributed by atoms with Crippen molar-refractivity contribution in [2.24, 2.45) is 11.1 Å². The van der Waals surface area contributed by atoms with Gasteiger partial charge in [-0.05, 0) is 44.6 Å². The molecule has 1 amide bonds. The molecule has 5 nitrogen and oxygen atoms in total. The molecular weight excluding hydrogens is 244 g/mol. The lowest BCUT2D eigenvalue weighted by Crippen LogP contribution is -2.33. The van der Waals surface area contributed by atoms with Crippen LogP contribution in [0.5, 0.6) is 0 Å². The molecule has 0 saturated heterocycles. The molecule has 0 aliphatic rings. The van der Waals surface area contributed by atoms with Gasteiger partial charge in [-0.1, -0.05) is 13.8 Å². The first-order valence-electron chi connectivity index (χ1n) is 6.98. The van der Waals surface area contributed by atoms with Gasteiger partial charge in [-0.2, -0.15) is 0 Å². The summed E-state index contributed by atoms with van der Waals surface area (Å²) < 4.78 is 0. The van der Waals surface area contributed by atoms with Crippen molar-refractivity contribution in [3.05, 3.63) is 0 Å². The summed E-state index contributed by atoms with van der Waals surface area (Å²) in [5, 5.41) is 11.4. The summed E-state index contributed by atoms with van der Waals surface area (Å²) in [5.41, 5.74) is 5.63. The van der Waals surface area contributed by atoms with Crippen molar-refractivity contribution in [1.29, 1.82) is 0 Å². The minimum absolute atomic E-state index is 0.0319. The van der Waals surface area contributed by atoms with Crippen LogP contribution in [0, 0.1) is 5.41 Å². The van der Waals surface area contributed by atoms with E-state index in [1.54, 1.807) is 0 Å². The standard InChI is InChI=1S/C14H28N2O3/c1-11(5-4-6-13(18)19)16-12(17)7-8-14(2,3)9-10-15/h11H,4-10,15H2,1-3H3,(H,16,17)(H,18,19). The summed E-state index contributed by atoms with van der Waals surface area (Å²) >= 11 is 0. The monoisotopic (exact) mass is 272 g/mol. The number of amides is 1.